The predicted molar refractivity (Wildman–Crippen MR) is 91.5 cm³/mol. The number of hydrogen-bond donors (Lipinski definition) is 0. The summed E-state index contributed by atoms with van der Waals surface area (Å²) in [7, 11) is 0. The van der Waals surface area contributed by atoms with Gasteiger partial charge < -0.3 is 0 Å². The van der Waals surface area contributed by atoms with E-state index < -0.39 is 0 Å². The summed E-state index contributed by atoms with van der Waals surface area (Å²) in [5, 5.41) is 0. The third kappa shape index (κ3) is 8.86. The lowest BCUT2D eigenvalue weighted by molar-refractivity contribution is 0.253. The molecular formula is C19H36. The number of allylic oxidation sites excluding steroid dienone is 5. The second-order valence-electron chi connectivity index (χ2n) is 6.65. The summed E-state index contributed by atoms with van der Waals surface area (Å²) in [6.07, 6.45) is 8.79. The Bertz CT molecular complexity index is 305. The van der Waals surface area contributed by atoms with Crippen molar-refractivity contribution in [3.8, 4) is 0 Å². The molecule has 0 aliphatic carbocycles. The monoisotopic (exact) mass is 264 g/mol. The van der Waals surface area contributed by atoms with Crippen LogP contribution in [-0.2, 0) is 0 Å². The highest BCUT2D eigenvalue weighted by molar-refractivity contribution is 5.41. The summed E-state index contributed by atoms with van der Waals surface area (Å²) in [6.45, 7) is 24.0. The third-order valence-electron chi connectivity index (χ3n) is 2.98. The minimum absolute atomic E-state index is 0.151. The molecule has 0 rings (SSSR count). The molecule has 0 aromatic rings. The Morgan fingerprint density at radius 3 is 1.84 bits per heavy atom. The molecule has 0 aliphatic rings. The van der Waals surface area contributed by atoms with Gasteiger partial charge in [0.1, 0.15) is 0 Å². The second-order valence-corrected chi connectivity index (χ2v) is 6.65. The Kier molecular flexibility index (Phi) is 9.92. The van der Waals surface area contributed by atoms with Gasteiger partial charge in [0.15, 0.2) is 0 Å². The van der Waals surface area contributed by atoms with E-state index in [2.05, 4.69) is 73.3 Å². The fourth-order valence-corrected chi connectivity index (χ4v) is 2.44. The van der Waals surface area contributed by atoms with Crippen LogP contribution in [0, 0.1) is 10.8 Å². The van der Waals surface area contributed by atoms with Crippen LogP contribution in [0.5, 0.6) is 0 Å². The van der Waals surface area contributed by atoms with Crippen LogP contribution in [-0.4, -0.2) is 0 Å². The van der Waals surface area contributed by atoms with Crippen LogP contribution >= 0.6 is 0 Å². The van der Waals surface area contributed by atoms with E-state index in [1.54, 1.807) is 0 Å². The van der Waals surface area contributed by atoms with Gasteiger partial charge in [0, 0.05) is 0 Å². The van der Waals surface area contributed by atoms with Crippen molar-refractivity contribution in [1.29, 1.82) is 0 Å². The zero-order chi connectivity index (χ0) is 15.7. The van der Waals surface area contributed by atoms with E-state index in [0.29, 0.717) is 5.41 Å². The summed E-state index contributed by atoms with van der Waals surface area (Å²) in [6, 6.07) is 0. The summed E-state index contributed by atoms with van der Waals surface area (Å²) in [4.78, 5) is 0. The minimum atomic E-state index is 0.151. The van der Waals surface area contributed by atoms with Crippen LogP contribution in [0.1, 0.15) is 75.2 Å². The van der Waals surface area contributed by atoms with Crippen molar-refractivity contribution in [2.24, 2.45) is 10.8 Å². The van der Waals surface area contributed by atoms with Gasteiger partial charge in [-0.05, 0) is 41.7 Å². The summed E-state index contributed by atoms with van der Waals surface area (Å²) in [5.41, 5.74) is 3.01. The average Bonchev–Trinajstić information content (AvgIpc) is 2.29. The Morgan fingerprint density at radius 2 is 1.53 bits per heavy atom. The highest BCUT2D eigenvalue weighted by Crippen LogP contribution is 2.41. The standard InChI is InChI=1S/C17H30.C2H6/c1-9-11-12-15(10-2)14(3)17(7,8)13-16(4,5)6;1-2/h10-12H,3,9,13H2,1-2,4-8H3;1-2H3/b12-11-,15-10+;. The summed E-state index contributed by atoms with van der Waals surface area (Å²) in [5.74, 6) is 0. The first-order chi connectivity index (χ1) is 8.64. The second kappa shape index (κ2) is 9.18. The van der Waals surface area contributed by atoms with Crippen LogP contribution < -0.4 is 0 Å². The van der Waals surface area contributed by atoms with Gasteiger partial charge in [-0.2, -0.15) is 0 Å². The lowest BCUT2D eigenvalue weighted by Crippen LogP contribution is -2.23. The van der Waals surface area contributed by atoms with Gasteiger partial charge in [0.05, 0.1) is 0 Å². The highest BCUT2D eigenvalue weighted by Gasteiger charge is 2.28. The molecule has 0 aromatic heterocycles. The van der Waals surface area contributed by atoms with Crippen molar-refractivity contribution in [2.75, 3.05) is 0 Å². The van der Waals surface area contributed by atoms with Crippen molar-refractivity contribution in [2.45, 2.75) is 75.2 Å². The molecule has 0 saturated carbocycles. The quantitative estimate of drug-likeness (QED) is 0.472. The molecule has 0 aromatic carbocycles. The molecule has 0 aliphatic heterocycles. The number of rotatable bonds is 5. The molecule has 0 heterocycles. The van der Waals surface area contributed by atoms with E-state index in [1.807, 2.05) is 13.8 Å². The van der Waals surface area contributed by atoms with E-state index in [-0.39, 0.29) is 5.41 Å². The van der Waals surface area contributed by atoms with Crippen LogP contribution in [0.4, 0.5) is 0 Å². The first-order valence-corrected chi connectivity index (χ1v) is 7.66. The van der Waals surface area contributed by atoms with Gasteiger partial charge in [-0.25, -0.2) is 0 Å². The predicted octanol–water partition coefficient (Wildman–Crippen LogP) is 6.94. The smallest absolute Gasteiger partial charge is 0.00986 e. The molecule has 0 spiro atoms. The van der Waals surface area contributed by atoms with Gasteiger partial charge in [-0.3, -0.25) is 0 Å². The van der Waals surface area contributed by atoms with Crippen molar-refractivity contribution >= 4 is 0 Å². The highest BCUT2D eigenvalue weighted by atomic mass is 14.3. The zero-order valence-electron chi connectivity index (χ0n) is 14.9. The summed E-state index contributed by atoms with van der Waals surface area (Å²) < 4.78 is 0. The van der Waals surface area contributed by atoms with Gasteiger partial charge in [-0.1, -0.05) is 80.2 Å². The van der Waals surface area contributed by atoms with Crippen LogP contribution in [0.25, 0.3) is 0 Å². The maximum absolute atomic E-state index is 4.32. The van der Waals surface area contributed by atoms with E-state index in [4.69, 9.17) is 0 Å². The van der Waals surface area contributed by atoms with Crippen LogP contribution in [0.3, 0.4) is 0 Å². The topological polar surface area (TPSA) is 0 Å². The van der Waals surface area contributed by atoms with E-state index in [1.165, 1.54) is 11.1 Å². The third-order valence-corrected chi connectivity index (χ3v) is 2.98. The molecule has 0 saturated heterocycles. The Labute approximate surface area is 122 Å². The molecule has 0 fully saturated rings. The minimum Gasteiger partial charge on any atom is -0.0947 e. The average molecular weight is 264 g/mol. The largest absolute Gasteiger partial charge is 0.0947 e. The van der Waals surface area contributed by atoms with Crippen molar-refractivity contribution in [1.82, 2.24) is 0 Å². The molecule has 112 valence electrons. The zero-order valence-corrected chi connectivity index (χ0v) is 14.9. The first-order valence-electron chi connectivity index (χ1n) is 7.66. The van der Waals surface area contributed by atoms with Gasteiger partial charge in [-0.15, -0.1) is 0 Å². The fourth-order valence-electron chi connectivity index (χ4n) is 2.44. The maximum atomic E-state index is 4.32. The molecule has 19 heavy (non-hydrogen) atoms. The summed E-state index contributed by atoms with van der Waals surface area (Å²) >= 11 is 0. The van der Waals surface area contributed by atoms with E-state index in [9.17, 15) is 0 Å². The van der Waals surface area contributed by atoms with E-state index >= 15 is 0 Å². The molecule has 0 N–H and O–H groups in total. The van der Waals surface area contributed by atoms with Gasteiger partial charge in [0.25, 0.3) is 0 Å². The fraction of sp³-hybridized carbons (Fsp3) is 0.684. The lowest BCUT2D eigenvalue weighted by Gasteiger charge is -2.34. The normalized spacial score (nSPS) is 13.2. The molecule has 0 nitrogen and oxygen atoms in total. The molecular weight excluding hydrogens is 228 g/mol. The van der Waals surface area contributed by atoms with Crippen molar-refractivity contribution in [3.63, 3.8) is 0 Å². The SMILES string of the molecule is C=C(C(/C=C\CC)=C/C)C(C)(C)CC(C)(C)C.CC. The van der Waals surface area contributed by atoms with Crippen molar-refractivity contribution < 1.29 is 0 Å². The number of hydrogen-bond acceptors (Lipinski definition) is 0. The Morgan fingerprint density at radius 1 is 1.05 bits per heavy atom. The molecule has 0 amide bonds. The van der Waals surface area contributed by atoms with Crippen LogP contribution in [0.2, 0.25) is 0 Å². The molecule has 0 unspecified atom stereocenters. The lowest BCUT2D eigenvalue weighted by atomic mass is 9.70. The van der Waals surface area contributed by atoms with Crippen LogP contribution in [0.15, 0.2) is 36.0 Å². The molecule has 0 radical (unpaired) electrons. The molecule has 0 heteroatoms. The Hall–Kier alpha value is -0.780. The van der Waals surface area contributed by atoms with Crippen molar-refractivity contribution in [3.05, 3.63) is 36.0 Å². The maximum Gasteiger partial charge on any atom is -0.00986 e. The van der Waals surface area contributed by atoms with Gasteiger partial charge >= 0.3 is 0 Å². The van der Waals surface area contributed by atoms with E-state index in [0.717, 1.165) is 12.8 Å². The Balaban J connectivity index is 0. The molecule has 0 bridgehead atoms. The molecule has 0 atom stereocenters. The first kappa shape index (κ1) is 20.5. The van der Waals surface area contributed by atoms with Gasteiger partial charge in [0.2, 0.25) is 0 Å².